The maximum absolute atomic E-state index is 12.1. The van der Waals surface area contributed by atoms with E-state index in [9.17, 15) is 4.79 Å². The van der Waals surface area contributed by atoms with Crippen molar-refractivity contribution in [3.05, 3.63) is 52.5 Å². The molecule has 25 heavy (non-hydrogen) atoms. The van der Waals surface area contributed by atoms with E-state index in [0.29, 0.717) is 30.4 Å². The summed E-state index contributed by atoms with van der Waals surface area (Å²) in [5, 5.41) is 2.79. The first-order chi connectivity index (χ1) is 12.1. The van der Waals surface area contributed by atoms with E-state index in [1.165, 1.54) is 5.56 Å². The zero-order valence-corrected chi connectivity index (χ0v) is 16.0. The fourth-order valence-electron chi connectivity index (χ4n) is 2.13. The molecule has 0 aromatic heterocycles. The molecule has 2 aromatic rings. The highest BCUT2D eigenvalue weighted by atomic mass is 79.9. The van der Waals surface area contributed by atoms with Crippen LogP contribution < -0.4 is 14.8 Å². The van der Waals surface area contributed by atoms with Crippen LogP contribution in [0.15, 0.2) is 46.9 Å². The van der Waals surface area contributed by atoms with Gasteiger partial charge in [-0.1, -0.05) is 19.1 Å². The van der Waals surface area contributed by atoms with Gasteiger partial charge in [-0.05, 0) is 52.2 Å². The van der Waals surface area contributed by atoms with E-state index in [1.807, 2.05) is 30.3 Å². The first-order valence-corrected chi connectivity index (χ1v) is 8.84. The molecule has 6 heteroatoms. The maximum Gasteiger partial charge on any atom is 0.262 e. The summed E-state index contributed by atoms with van der Waals surface area (Å²) in [6.07, 6.45) is 0.947. The van der Waals surface area contributed by atoms with Crippen LogP contribution in [0.4, 0.5) is 5.69 Å². The molecule has 2 aromatic carbocycles. The Labute approximate surface area is 156 Å². The van der Waals surface area contributed by atoms with Crippen LogP contribution in [-0.4, -0.2) is 32.8 Å². The van der Waals surface area contributed by atoms with E-state index in [2.05, 4.69) is 28.2 Å². The summed E-state index contributed by atoms with van der Waals surface area (Å²) in [6, 6.07) is 13.0. The summed E-state index contributed by atoms with van der Waals surface area (Å²) < 4.78 is 16.9. The van der Waals surface area contributed by atoms with Crippen LogP contribution in [0.25, 0.3) is 0 Å². The van der Waals surface area contributed by atoms with Crippen molar-refractivity contribution in [2.75, 3.05) is 32.2 Å². The summed E-state index contributed by atoms with van der Waals surface area (Å²) in [5.74, 6) is 1.08. The second-order valence-electron chi connectivity index (χ2n) is 5.32. The predicted octanol–water partition coefficient (Wildman–Crippen LogP) is 4.05. The smallest absolute Gasteiger partial charge is 0.262 e. The normalized spacial score (nSPS) is 10.4. The van der Waals surface area contributed by atoms with Gasteiger partial charge in [0.1, 0.15) is 18.1 Å². The number of benzene rings is 2. The Morgan fingerprint density at radius 2 is 1.96 bits per heavy atom. The standard InChI is InChI=1S/C19H22BrNO4/c1-3-14-7-8-18(17(20)11-14)25-13-19(22)21-15-5-4-6-16(12-15)24-10-9-23-2/h4-8,11-12H,3,9-10,13H2,1-2H3,(H,21,22). The molecule has 0 saturated heterocycles. The molecule has 0 saturated carbocycles. The molecule has 0 aliphatic heterocycles. The highest BCUT2D eigenvalue weighted by Gasteiger charge is 2.07. The zero-order valence-electron chi connectivity index (χ0n) is 14.4. The molecule has 1 N–H and O–H groups in total. The Hall–Kier alpha value is -2.05. The fourth-order valence-corrected chi connectivity index (χ4v) is 2.67. The van der Waals surface area contributed by atoms with E-state index in [1.54, 1.807) is 19.2 Å². The number of amides is 1. The summed E-state index contributed by atoms with van der Waals surface area (Å²) in [5.41, 5.74) is 1.86. The number of hydrogen-bond donors (Lipinski definition) is 1. The van der Waals surface area contributed by atoms with Crippen LogP contribution in [0, 0.1) is 0 Å². The summed E-state index contributed by atoms with van der Waals surface area (Å²) in [4.78, 5) is 12.1. The molecule has 0 radical (unpaired) electrons. The average molecular weight is 408 g/mol. The SMILES string of the molecule is CCc1ccc(OCC(=O)Nc2cccc(OCCOC)c2)c(Br)c1. The lowest BCUT2D eigenvalue weighted by molar-refractivity contribution is -0.118. The zero-order chi connectivity index (χ0) is 18.1. The Bertz CT molecular complexity index is 706. The van der Waals surface area contributed by atoms with Gasteiger partial charge in [-0.2, -0.15) is 0 Å². The average Bonchev–Trinajstić information content (AvgIpc) is 2.61. The Morgan fingerprint density at radius 3 is 2.68 bits per heavy atom. The molecular formula is C19H22BrNO4. The van der Waals surface area contributed by atoms with Crippen molar-refractivity contribution in [3.63, 3.8) is 0 Å². The van der Waals surface area contributed by atoms with Gasteiger partial charge in [0, 0.05) is 18.9 Å². The molecule has 1 amide bonds. The van der Waals surface area contributed by atoms with Crippen molar-refractivity contribution in [2.45, 2.75) is 13.3 Å². The number of rotatable bonds is 9. The second-order valence-corrected chi connectivity index (χ2v) is 6.18. The third kappa shape index (κ3) is 6.40. The van der Waals surface area contributed by atoms with Gasteiger partial charge in [0.25, 0.3) is 5.91 Å². The van der Waals surface area contributed by atoms with E-state index in [-0.39, 0.29) is 12.5 Å². The number of carbonyl (C=O) groups excluding carboxylic acids is 1. The summed E-state index contributed by atoms with van der Waals surface area (Å²) in [7, 11) is 1.62. The lowest BCUT2D eigenvalue weighted by Crippen LogP contribution is -2.20. The third-order valence-corrected chi connectivity index (χ3v) is 4.06. The van der Waals surface area contributed by atoms with E-state index >= 15 is 0 Å². The predicted molar refractivity (Wildman–Crippen MR) is 101 cm³/mol. The molecule has 2 rings (SSSR count). The molecule has 0 heterocycles. The van der Waals surface area contributed by atoms with E-state index in [4.69, 9.17) is 14.2 Å². The quantitative estimate of drug-likeness (QED) is 0.636. The lowest BCUT2D eigenvalue weighted by atomic mass is 10.2. The Morgan fingerprint density at radius 1 is 1.12 bits per heavy atom. The monoisotopic (exact) mass is 407 g/mol. The third-order valence-electron chi connectivity index (χ3n) is 3.44. The van der Waals surface area contributed by atoms with Crippen molar-refractivity contribution in [2.24, 2.45) is 0 Å². The van der Waals surface area contributed by atoms with Gasteiger partial charge in [0.2, 0.25) is 0 Å². The number of nitrogens with one attached hydrogen (secondary N) is 1. The minimum absolute atomic E-state index is 0.0706. The summed E-state index contributed by atoms with van der Waals surface area (Å²) in [6.45, 7) is 2.98. The van der Waals surface area contributed by atoms with Crippen LogP contribution in [0.2, 0.25) is 0 Å². The number of anilines is 1. The van der Waals surface area contributed by atoms with Crippen molar-refractivity contribution in [1.82, 2.24) is 0 Å². The van der Waals surface area contributed by atoms with Gasteiger partial charge in [0.05, 0.1) is 11.1 Å². The minimum atomic E-state index is -0.236. The minimum Gasteiger partial charge on any atom is -0.491 e. The molecule has 0 bridgehead atoms. The van der Waals surface area contributed by atoms with E-state index in [0.717, 1.165) is 10.9 Å². The fraction of sp³-hybridized carbons (Fsp3) is 0.316. The van der Waals surface area contributed by atoms with Crippen molar-refractivity contribution < 1.29 is 19.0 Å². The van der Waals surface area contributed by atoms with Crippen LogP contribution in [0.5, 0.6) is 11.5 Å². The largest absolute Gasteiger partial charge is 0.491 e. The highest BCUT2D eigenvalue weighted by molar-refractivity contribution is 9.10. The molecular weight excluding hydrogens is 386 g/mol. The van der Waals surface area contributed by atoms with Crippen molar-refractivity contribution in [3.8, 4) is 11.5 Å². The Kier molecular flexibility index (Phi) is 7.76. The highest BCUT2D eigenvalue weighted by Crippen LogP contribution is 2.26. The Balaban J connectivity index is 1.86. The summed E-state index contributed by atoms with van der Waals surface area (Å²) >= 11 is 3.46. The van der Waals surface area contributed by atoms with Crippen LogP contribution in [0.3, 0.4) is 0 Å². The molecule has 0 fully saturated rings. The molecule has 0 atom stereocenters. The molecule has 0 aliphatic rings. The first kappa shape index (κ1) is 19.3. The lowest BCUT2D eigenvalue weighted by Gasteiger charge is -2.11. The van der Waals surface area contributed by atoms with Crippen LogP contribution in [-0.2, 0) is 16.0 Å². The van der Waals surface area contributed by atoms with Gasteiger partial charge in [0.15, 0.2) is 6.61 Å². The molecule has 0 aliphatic carbocycles. The number of carbonyl (C=O) groups is 1. The van der Waals surface area contributed by atoms with Gasteiger partial charge in [-0.15, -0.1) is 0 Å². The second kappa shape index (κ2) is 10.1. The number of methoxy groups -OCH3 is 1. The van der Waals surface area contributed by atoms with Crippen molar-refractivity contribution >= 4 is 27.5 Å². The van der Waals surface area contributed by atoms with Crippen molar-refractivity contribution in [1.29, 1.82) is 0 Å². The van der Waals surface area contributed by atoms with Gasteiger partial charge in [-0.3, -0.25) is 4.79 Å². The van der Waals surface area contributed by atoms with Gasteiger partial charge in [-0.25, -0.2) is 0 Å². The van der Waals surface area contributed by atoms with E-state index < -0.39 is 0 Å². The van der Waals surface area contributed by atoms with Gasteiger partial charge < -0.3 is 19.5 Å². The number of aryl methyl sites for hydroxylation is 1. The number of ether oxygens (including phenoxy) is 3. The number of hydrogen-bond acceptors (Lipinski definition) is 4. The first-order valence-electron chi connectivity index (χ1n) is 8.05. The van der Waals surface area contributed by atoms with Crippen LogP contribution in [0.1, 0.15) is 12.5 Å². The molecule has 0 spiro atoms. The topological polar surface area (TPSA) is 56.8 Å². The maximum atomic E-state index is 12.1. The van der Waals surface area contributed by atoms with Gasteiger partial charge >= 0.3 is 0 Å². The molecule has 0 unspecified atom stereocenters. The van der Waals surface area contributed by atoms with Crippen LogP contribution >= 0.6 is 15.9 Å². The molecule has 5 nitrogen and oxygen atoms in total. The number of halogens is 1. The molecule has 134 valence electrons.